The highest BCUT2D eigenvalue weighted by Gasteiger charge is 2.55. The van der Waals surface area contributed by atoms with Crippen molar-refractivity contribution in [3.8, 4) is 0 Å². The maximum absolute atomic E-state index is 11.9. The molecule has 0 radical (unpaired) electrons. The van der Waals surface area contributed by atoms with Crippen molar-refractivity contribution < 1.29 is 28.6 Å². The van der Waals surface area contributed by atoms with Crippen molar-refractivity contribution in [3.63, 3.8) is 0 Å². The molecule has 130 valence electrons. The molecule has 0 aliphatic carbocycles. The highest BCUT2D eigenvalue weighted by molar-refractivity contribution is 5.79. The van der Waals surface area contributed by atoms with E-state index in [1.807, 2.05) is 30.3 Å². The molecule has 4 atom stereocenters. The number of carbonyl (C=O) groups excluding carboxylic acids is 1. The van der Waals surface area contributed by atoms with Crippen molar-refractivity contribution in [2.45, 2.75) is 50.7 Å². The van der Waals surface area contributed by atoms with Gasteiger partial charge >= 0.3 is 5.97 Å². The Kier molecular flexibility index (Phi) is 4.84. The molecule has 0 amide bonds. The van der Waals surface area contributed by atoms with Crippen LogP contribution in [0.5, 0.6) is 0 Å². The molecule has 7 heteroatoms. The maximum atomic E-state index is 11.9. The van der Waals surface area contributed by atoms with E-state index >= 15 is 0 Å². The zero-order valence-corrected chi connectivity index (χ0v) is 13.9. The van der Waals surface area contributed by atoms with Crippen molar-refractivity contribution >= 4 is 12.2 Å². The molecule has 3 rings (SSSR count). The molecule has 1 aromatic rings. The van der Waals surface area contributed by atoms with Crippen LogP contribution in [0.15, 0.2) is 35.5 Å². The molecular formula is C17H21NO6. The average molecular weight is 335 g/mol. The lowest BCUT2D eigenvalue weighted by molar-refractivity contribution is -0.313. The summed E-state index contributed by atoms with van der Waals surface area (Å²) >= 11 is 0. The SMILES string of the molecule is CO[C@H]1C(=O)OC2C1OC(C)(C)O[C@@H]2C=NOCc1ccccc1. The summed E-state index contributed by atoms with van der Waals surface area (Å²) in [6.07, 6.45) is -0.995. The number of hydrogen-bond acceptors (Lipinski definition) is 7. The maximum Gasteiger partial charge on any atom is 0.338 e. The van der Waals surface area contributed by atoms with E-state index < -0.39 is 36.2 Å². The number of rotatable bonds is 5. The molecule has 0 saturated carbocycles. The van der Waals surface area contributed by atoms with Crippen LogP contribution in [0, 0.1) is 0 Å². The van der Waals surface area contributed by atoms with Crippen LogP contribution in [0.2, 0.25) is 0 Å². The smallest absolute Gasteiger partial charge is 0.338 e. The molecule has 1 aromatic carbocycles. The van der Waals surface area contributed by atoms with Crippen LogP contribution < -0.4 is 0 Å². The topological polar surface area (TPSA) is 75.6 Å². The van der Waals surface area contributed by atoms with Gasteiger partial charge in [0.05, 0.1) is 6.21 Å². The Balaban J connectivity index is 1.65. The van der Waals surface area contributed by atoms with Crippen LogP contribution in [0.1, 0.15) is 19.4 Å². The first-order chi connectivity index (χ1) is 11.5. The average Bonchev–Trinajstić information content (AvgIpc) is 2.86. The van der Waals surface area contributed by atoms with Gasteiger partial charge in [0, 0.05) is 7.11 Å². The second-order valence-corrected chi connectivity index (χ2v) is 6.14. The number of methoxy groups -OCH3 is 1. The third-order valence-electron chi connectivity index (χ3n) is 3.88. The van der Waals surface area contributed by atoms with Crippen LogP contribution in [-0.4, -0.2) is 49.5 Å². The monoisotopic (exact) mass is 335 g/mol. The van der Waals surface area contributed by atoms with Crippen molar-refractivity contribution in [1.29, 1.82) is 0 Å². The second-order valence-electron chi connectivity index (χ2n) is 6.14. The summed E-state index contributed by atoms with van der Waals surface area (Å²) in [4.78, 5) is 17.2. The number of oxime groups is 1. The quantitative estimate of drug-likeness (QED) is 0.463. The fraction of sp³-hybridized carbons (Fsp3) is 0.529. The van der Waals surface area contributed by atoms with E-state index in [-0.39, 0.29) is 0 Å². The molecule has 2 unspecified atom stereocenters. The minimum atomic E-state index is -0.887. The van der Waals surface area contributed by atoms with Crippen molar-refractivity contribution in [2.24, 2.45) is 5.16 Å². The molecule has 24 heavy (non-hydrogen) atoms. The second kappa shape index (κ2) is 6.88. The van der Waals surface area contributed by atoms with E-state index in [2.05, 4.69) is 5.16 Å². The number of benzene rings is 1. The third-order valence-corrected chi connectivity index (χ3v) is 3.88. The zero-order valence-electron chi connectivity index (χ0n) is 13.9. The molecule has 2 saturated heterocycles. The van der Waals surface area contributed by atoms with Gasteiger partial charge in [0.15, 0.2) is 18.0 Å². The van der Waals surface area contributed by atoms with E-state index in [1.165, 1.54) is 13.3 Å². The zero-order chi connectivity index (χ0) is 17.2. The summed E-state index contributed by atoms with van der Waals surface area (Å²) in [6, 6.07) is 9.69. The molecule has 2 fully saturated rings. The Morgan fingerprint density at radius 2 is 1.96 bits per heavy atom. The van der Waals surface area contributed by atoms with E-state index in [0.717, 1.165) is 5.56 Å². The van der Waals surface area contributed by atoms with E-state index in [1.54, 1.807) is 13.8 Å². The summed E-state index contributed by atoms with van der Waals surface area (Å²) in [7, 11) is 1.45. The van der Waals surface area contributed by atoms with Crippen LogP contribution in [0.3, 0.4) is 0 Å². The van der Waals surface area contributed by atoms with Crippen LogP contribution >= 0.6 is 0 Å². The fourth-order valence-corrected chi connectivity index (χ4v) is 2.84. The Bertz CT molecular complexity index is 602. The fourth-order valence-electron chi connectivity index (χ4n) is 2.84. The van der Waals surface area contributed by atoms with Gasteiger partial charge in [0.2, 0.25) is 0 Å². The van der Waals surface area contributed by atoms with Crippen molar-refractivity contribution in [1.82, 2.24) is 0 Å². The number of fused-ring (bicyclic) bond motifs is 1. The Labute approximate surface area is 140 Å². The molecule has 2 aliphatic rings. The van der Waals surface area contributed by atoms with Gasteiger partial charge < -0.3 is 23.8 Å². The van der Waals surface area contributed by atoms with Crippen molar-refractivity contribution in [2.75, 3.05) is 7.11 Å². The lowest BCUT2D eigenvalue weighted by Gasteiger charge is -2.41. The molecular weight excluding hydrogens is 314 g/mol. The third kappa shape index (κ3) is 3.58. The van der Waals surface area contributed by atoms with Gasteiger partial charge in [-0.15, -0.1) is 0 Å². The first-order valence-electron chi connectivity index (χ1n) is 7.78. The largest absolute Gasteiger partial charge is 0.454 e. The lowest BCUT2D eigenvalue weighted by Crippen LogP contribution is -2.55. The Morgan fingerprint density at radius 1 is 1.21 bits per heavy atom. The number of esters is 1. The normalized spacial score (nSPS) is 31.7. The number of nitrogens with zero attached hydrogens (tertiary/aromatic N) is 1. The minimum absolute atomic E-state index is 0.346. The van der Waals surface area contributed by atoms with Gasteiger partial charge in [0.25, 0.3) is 0 Å². The number of carbonyl (C=O) groups is 1. The van der Waals surface area contributed by atoms with E-state index in [4.69, 9.17) is 23.8 Å². The van der Waals surface area contributed by atoms with Gasteiger partial charge in [-0.1, -0.05) is 35.5 Å². The lowest BCUT2D eigenvalue weighted by atomic mass is 10.0. The summed E-state index contributed by atoms with van der Waals surface area (Å²) < 4.78 is 22.1. The van der Waals surface area contributed by atoms with E-state index in [9.17, 15) is 4.79 Å². The van der Waals surface area contributed by atoms with Gasteiger partial charge in [-0.3, -0.25) is 0 Å². The van der Waals surface area contributed by atoms with Crippen LogP contribution in [-0.2, 0) is 35.2 Å². The molecule has 2 heterocycles. The van der Waals surface area contributed by atoms with Gasteiger partial charge in [0.1, 0.15) is 18.8 Å². The summed E-state index contributed by atoms with van der Waals surface area (Å²) in [5, 5.41) is 3.95. The standard InChI is InChI=1S/C17H21NO6/c1-17(2)23-12(9-18-21-10-11-7-5-4-6-8-11)13-14(24-17)15(20-3)16(19)22-13/h4-9,12-15H,10H2,1-3H3/t12-,13?,14?,15-/m1/s1. The predicted molar refractivity (Wildman–Crippen MR) is 84.2 cm³/mol. The van der Waals surface area contributed by atoms with Gasteiger partial charge in [-0.25, -0.2) is 4.79 Å². The Hall–Kier alpha value is -1.96. The van der Waals surface area contributed by atoms with E-state index in [0.29, 0.717) is 6.61 Å². The van der Waals surface area contributed by atoms with Crippen LogP contribution in [0.25, 0.3) is 0 Å². The summed E-state index contributed by atoms with van der Waals surface area (Å²) in [6.45, 7) is 3.88. The first kappa shape index (κ1) is 16.9. The van der Waals surface area contributed by atoms with Crippen LogP contribution in [0.4, 0.5) is 0 Å². The predicted octanol–water partition coefficient (Wildman–Crippen LogP) is 1.65. The van der Waals surface area contributed by atoms with Gasteiger partial charge in [-0.2, -0.15) is 0 Å². The summed E-state index contributed by atoms with van der Waals surface area (Å²) in [5.41, 5.74) is 1.01. The number of hydrogen-bond donors (Lipinski definition) is 0. The molecule has 0 aromatic heterocycles. The highest BCUT2D eigenvalue weighted by Crippen LogP contribution is 2.35. The number of ether oxygens (including phenoxy) is 4. The minimum Gasteiger partial charge on any atom is -0.454 e. The first-order valence-corrected chi connectivity index (χ1v) is 7.78. The van der Waals surface area contributed by atoms with Gasteiger partial charge in [-0.05, 0) is 19.4 Å². The molecule has 2 aliphatic heterocycles. The molecule has 0 spiro atoms. The summed E-state index contributed by atoms with van der Waals surface area (Å²) in [5.74, 6) is -1.35. The highest BCUT2D eigenvalue weighted by atomic mass is 16.8. The van der Waals surface area contributed by atoms with Crippen molar-refractivity contribution in [3.05, 3.63) is 35.9 Å². The Morgan fingerprint density at radius 3 is 2.67 bits per heavy atom. The molecule has 7 nitrogen and oxygen atoms in total. The molecule has 0 bridgehead atoms. The molecule has 0 N–H and O–H groups in total.